The van der Waals surface area contributed by atoms with Crippen LogP contribution in [0.15, 0.2) is 59.9 Å². The summed E-state index contributed by atoms with van der Waals surface area (Å²) in [5, 5.41) is 3.06. The Labute approximate surface area is 225 Å². The summed E-state index contributed by atoms with van der Waals surface area (Å²) >= 11 is 0. The van der Waals surface area contributed by atoms with Crippen LogP contribution in [-0.2, 0) is 21.8 Å². The molecular formula is C30H36N4O3S. The first-order valence-electron chi connectivity index (χ1n) is 13.5. The second-order valence-electron chi connectivity index (χ2n) is 10.8. The molecule has 1 aliphatic carbocycles. The predicted molar refractivity (Wildman–Crippen MR) is 150 cm³/mol. The average molecular weight is 533 g/mol. The number of urea groups is 1. The Morgan fingerprint density at radius 1 is 1.13 bits per heavy atom. The van der Waals surface area contributed by atoms with Crippen LogP contribution in [0.5, 0.6) is 0 Å². The largest absolute Gasteiger partial charge is 0.334 e. The molecule has 1 saturated carbocycles. The molecule has 3 aromatic rings. The molecule has 1 unspecified atom stereocenters. The Bertz CT molecular complexity index is 1450. The fourth-order valence-corrected chi connectivity index (χ4v) is 6.71. The van der Waals surface area contributed by atoms with Crippen LogP contribution >= 0.6 is 0 Å². The SMILES string of the molecule is CCC1(C2CC2)CN(C(=O)NCc2ccc(S(=O)(=O)CC)cc2)c2ccc(-c3cncnc3C(C)C)cc21. The molecule has 8 heteroatoms. The van der Waals surface area contributed by atoms with Crippen molar-refractivity contribution in [2.24, 2.45) is 5.92 Å². The third-order valence-electron chi connectivity index (χ3n) is 8.21. The molecule has 0 saturated heterocycles. The van der Waals surface area contributed by atoms with Crippen LogP contribution in [0.1, 0.15) is 69.7 Å². The van der Waals surface area contributed by atoms with E-state index >= 15 is 0 Å². The smallest absolute Gasteiger partial charge is 0.322 e. The van der Waals surface area contributed by atoms with Gasteiger partial charge >= 0.3 is 6.03 Å². The van der Waals surface area contributed by atoms with Gasteiger partial charge in [-0.25, -0.2) is 23.2 Å². The summed E-state index contributed by atoms with van der Waals surface area (Å²) in [7, 11) is -3.25. The maximum atomic E-state index is 13.5. The highest BCUT2D eigenvalue weighted by Crippen LogP contribution is 2.56. The summed E-state index contributed by atoms with van der Waals surface area (Å²) in [5.74, 6) is 0.915. The Morgan fingerprint density at radius 2 is 1.87 bits per heavy atom. The molecule has 1 aromatic heterocycles. The van der Waals surface area contributed by atoms with Crippen LogP contribution in [0.4, 0.5) is 10.5 Å². The van der Waals surface area contributed by atoms with Gasteiger partial charge in [0.25, 0.3) is 0 Å². The fraction of sp³-hybridized carbons (Fsp3) is 0.433. The fourth-order valence-electron chi connectivity index (χ4n) is 5.82. The number of carbonyl (C=O) groups excluding carboxylic acids is 1. The molecule has 2 amide bonds. The van der Waals surface area contributed by atoms with Gasteiger partial charge in [0.15, 0.2) is 9.84 Å². The number of hydrogen-bond acceptors (Lipinski definition) is 5. The molecule has 200 valence electrons. The second-order valence-corrected chi connectivity index (χ2v) is 13.1. The van der Waals surface area contributed by atoms with Gasteiger partial charge in [0, 0.05) is 36.0 Å². The summed E-state index contributed by atoms with van der Waals surface area (Å²) in [6.45, 7) is 9.14. The monoisotopic (exact) mass is 532 g/mol. The van der Waals surface area contributed by atoms with Crippen molar-refractivity contribution in [3.8, 4) is 11.1 Å². The zero-order valence-electron chi connectivity index (χ0n) is 22.6. The van der Waals surface area contributed by atoms with Crippen LogP contribution in [0.3, 0.4) is 0 Å². The molecule has 1 atom stereocenters. The summed E-state index contributed by atoms with van der Waals surface area (Å²) < 4.78 is 24.2. The van der Waals surface area contributed by atoms with E-state index in [9.17, 15) is 13.2 Å². The van der Waals surface area contributed by atoms with E-state index in [1.54, 1.807) is 37.5 Å². The quantitative estimate of drug-likeness (QED) is 0.393. The van der Waals surface area contributed by atoms with Gasteiger partial charge in [0.2, 0.25) is 0 Å². The molecule has 0 radical (unpaired) electrons. The molecule has 7 nitrogen and oxygen atoms in total. The third kappa shape index (κ3) is 4.70. The summed E-state index contributed by atoms with van der Waals surface area (Å²) in [5.41, 5.74) is 6.16. The van der Waals surface area contributed by atoms with E-state index in [0.29, 0.717) is 23.9 Å². The Morgan fingerprint density at radius 3 is 2.50 bits per heavy atom. The van der Waals surface area contributed by atoms with Crippen molar-refractivity contribution in [1.82, 2.24) is 15.3 Å². The lowest BCUT2D eigenvalue weighted by atomic mass is 9.75. The molecule has 2 heterocycles. The van der Waals surface area contributed by atoms with E-state index in [1.165, 1.54) is 18.4 Å². The van der Waals surface area contributed by atoms with Gasteiger partial charge in [-0.3, -0.25) is 4.90 Å². The lowest BCUT2D eigenvalue weighted by Gasteiger charge is -2.29. The standard InChI is InChI=1S/C30H36N4O3S/c1-5-30(23-10-11-23)18-34(29(35)32-16-21-7-12-24(13-8-21)38(36,37)6-2)27-14-9-22(15-26(27)30)25-17-31-19-33-28(25)20(3)4/h7-9,12-15,17,19-20,23H,5-6,10-11,16,18H2,1-4H3,(H,32,35). The average Bonchev–Trinajstić information content (AvgIpc) is 3.74. The molecule has 2 aliphatic rings. The summed E-state index contributed by atoms with van der Waals surface area (Å²) in [6.07, 6.45) is 6.84. The molecular weight excluding hydrogens is 496 g/mol. The van der Waals surface area contributed by atoms with E-state index in [1.807, 2.05) is 11.1 Å². The molecule has 38 heavy (non-hydrogen) atoms. The summed E-state index contributed by atoms with van der Waals surface area (Å²) in [4.78, 5) is 24.6. The second kappa shape index (κ2) is 10.1. The minimum atomic E-state index is -3.25. The number of nitrogens with one attached hydrogen (secondary N) is 1. The lowest BCUT2D eigenvalue weighted by molar-refractivity contribution is 0.244. The number of hydrogen-bond donors (Lipinski definition) is 1. The van der Waals surface area contributed by atoms with Crippen molar-refractivity contribution in [3.05, 3.63) is 71.8 Å². The number of sulfone groups is 1. The molecule has 1 aliphatic heterocycles. The third-order valence-corrected chi connectivity index (χ3v) is 9.96. The maximum absolute atomic E-state index is 13.5. The van der Waals surface area contributed by atoms with E-state index < -0.39 is 9.84 Å². The van der Waals surface area contributed by atoms with Crippen LogP contribution < -0.4 is 10.2 Å². The van der Waals surface area contributed by atoms with E-state index in [2.05, 4.69) is 54.3 Å². The number of aromatic nitrogens is 2. The number of benzene rings is 2. The summed E-state index contributed by atoms with van der Waals surface area (Å²) in [6, 6.07) is 13.0. The highest BCUT2D eigenvalue weighted by atomic mass is 32.2. The maximum Gasteiger partial charge on any atom is 0.322 e. The van der Waals surface area contributed by atoms with Crippen molar-refractivity contribution in [2.45, 2.75) is 69.7 Å². The minimum Gasteiger partial charge on any atom is -0.334 e. The van der Waals surface area contributed by atoms with Gasteiger partial charge in [-0.1, -0.05) is 45.9 Å². The molecule has 0 bridgehead atoms. The van der Waals surface area contributed by atoms with Crippen LogP contribution in [-0.4, -0.2) is 36.7 Å². The topological polar surface area (TPSA) is 92.3 Å². The van der Waals surface area contributed by atoms with Crippen LogP contribution in [0, 0.1) is 5.92 Å². The Balaban J connectivity index is 1.42. The van der Waals surface area contributed by atoms with Crippen molar-refractivity contribution in [1.29, 1.82) is 0 Å². The van der Waals surface area contributed by atoms with Gasteiger partial charge in [0.05, 0.1) is 16.3 Å². The highest BCUT2D eigenvalue weighted by Gasteiger charge is 2.52. The molecule has 0 spiro atoms. The van der Waals surface area contributed by atoms with Gasteiger partial charge in [-0.15, -0.1) is 0 Å². The molecule has 1 N–H and O–H groups in total. The first-order chi connectivity index (χ1) is 18.2. The number of carbonyl (C=O) groups is 1. The molecule has 2 aromatic carbocycles. The van der Waals surface area contributed by atoms with E-state index in [4.69, 9.17) is 0 Å². The number of fused-ring (bicyclic) bond motifs is 1. The van der Waals surface area contributed by atoms with Gasteiger partial charge in [0.1, 0.15) is 6.33 Å². The minimum absolute atomic E-state index is 0.0630. The van der Waals surface area contributed by atoms with Gasteiger partial charge in [-0.05, 0) is 72.1 Å². The van der Waals surface area contributed by atoms with Crippen LogP contribution in [0.25, 0.3) is 11.1 Å². The van der Waals surface area contributed by atoms with Gasteiger partial charge in [-0.2, -0.15) is 0 Å². The Kier molecular flexibility index (Phi) is 7.03. The predicted octanol–water partition coefficient (Wildman–Crippen LogP) is 5.85. The van der Waals surface area contributed by atoms with E-state index in [0.717, 1.165) is 34.5 Å². The number of anilines is 1. The van der Waals surface area contributed by atoms with Crippen LogP contribution in [0.2, 0.25) is 0 Å². The molecule has 5 rings (SSSR count). The molecule has 1 fully saturated rings. The normalized spacial score (nSPS) is 19.0. The number of rotatable bonds is 8. The van der Waals surface area contributed by atoms with Gasteiger partial charge < -0.3 is 5.32 Å². The lowest BCUT2D eigenvalue weighted by Crippen LogP contribution is -2.43. The van der Waals surface area contributed by atoms with E-state index in [-0.39, 0.29) is 23.1 Å². The number of amides is 2. The zero-order chi connectivity index (χ0) is 27.1. The highest BCUT2D eigenvalue weighted by molar-refractivity contribution is 7.91. The zero-order valence-corrected chi connectivity index (χ0v) is 23.4. The first kappa shape index (κ1) is 26.4. The van der Waals surface area contributed by atoms with Crippen molar-refractivity contribution in [2.75, 3.05) is 17.2 Å². The van der Waals surface area contributed by atoms with Crippen molar-refractivity contribution in [3.63, 3.8) is 0 Å². The van der Waals surface area contributed by atoms with Crippen molar-refractivity contribution < 1.29 is 13.2 Å². The number of nitrogens with zero attached hydrogens (tertiary/aromatic N) is 3. The van der Waals surface area contributed by atoms with Crippen molar-refractivity contribution >= 4 is 21.6 Å². The Hall–Kier alpha value is -3.26. The first-order valence-corrected chi connectivity index (χ1v) is 15.2.